The number of alkyl carbamates (subject to hydrolysis) is 1. The lowest BCUT2D eigenvalue weighted by atomic mass is 10.1. The highest BCUT2D eigenvalue weighted by atomic mass is 16.6. The predicted octanol–water partition coefficient (Wildman–Crippen LogP) is 5.56. The molecule has 9 nitrogen and oxygen atoms in total. The molecule has 0 spiro atoms. The van der Waals surface area contributed by atoms with Gasteiger partial charge in [0.05, 0.1) is 18.8 Å². The van der Waals surface area contributed by atoms with Crippen molar-refractivity contribution in [1.29, 1.82) is 0 Å². The van der Waals surface area contributed by atoms with E-state index in [0.29, 0.717) is 38.5 Å². The van der Waals surface area contributed by atoms with Crippen LogP contribution in [0, 0.1) is 0 Å². The SMILES string of the molecule is CCCCCCOc1cc(OCCCCCNC(=O)OC(C)(C)C)c(C(=O)O)cc1C(=O)NCCC. The van der Waals surface area contributed by atoms with Crippen LogP contribution in [0.2, 0.25) is 0 Å². The number of hydrogen-bond donors (Lipinski definition) is 3. The third-order valence-electron chi connectivity index (χ3n) is 5.09. The van der Waals surface area contributed by atoms with Crippen LogP contribution in [0.1, 0.15) is 107 Å². The van der Waals surface area contributed by atoms with E-state index in [1.807, 2.05) is 27.7 Å². The summed E-state index contributed by atoms with van der Waals surface area (Å²) in [7, 11) is 0. The fourth-order valence-electron chi connectivity index (χ4n) is 3.28. The van der Waals surface area contributed by atoms with Gasteiger partial charge >= 0.3 is 12.1 Å². The molecular weight excluding hydrogens is 464 g/mol. The van der Waals surface area contributed by atoms with Crippen molar-refractivity contribution < 1.29 is 33.7 Å². The standard InChI is InChI=1S/C27H44N2O7/c1-6-8-9-12-16-34-22-19-23(21(25(31)32)18-20(22)24(30)28-14-7-2)35-17-13-10-11-15-29-26(33)36-27(3,4)5/h18-19H,6-17H2,1-5H3,(H,28,30)(H,29,33)(H,31,32). The maximum Gasteiger partial charge on any atom is 0.407 e. The van der Waals surface area contributed by atoms with Crippen LogP contribution in [0.25, 0.3) is 0 Å². The minimum atomic E-state index is -1.18. The Labute approximate surface area is 215 Å². The van der Waals surface area contributed by atoms with E-state index in [4.69, 9.17) is 14.2 Å². The quantitative estimate of drug-likeness (QED) is 0.235. The molecule has 204 valence electrons. The van der Waals surface area contributed by atoms with Crippen molar-refractivity contribution in [3.63, 3.8) is 0 Å². The van der Waals surface area contributed by atoms with Crippen LogP contribution in [0.15, 0.2) is 12.1 Å². The second-order valence-corrected chi connectivity index (χ2v) is 9.65. The fourth-order valence-corrected chi connectivity index (χ4v) is 3.28. The van der Waals surface area contributed by atoms with Gasteiger partial charge in [-0.15, -0.1) is 0 Å². The number of nitrogens with one attached hydrogen (secondary N) is 2. The number of aromatic carboxylic acids is 1. The van der Waals surface area contributed by atoms with Crippen molar-refractivity contribution in [2.45, 2.75) is 91.6 Å². The lowest BCUT2D eigenvalue weighted by molar-refractivity contribution is 0.0526. The summed E-state index contributed by atoms with van der Waals surface area (Å²) in [6.07, 6.45) is 6.56. The van der Waals surface area contributed by atoms with Crippen LogP contribution in [0.5, 0.6) is 11.5 Å². The maximum absolute atomic E-state index is 12.7. The number of carbonyl (C=O) groups excluding carboxylic acids is 2. The normalized spacial score (nSPS) is 11.0. The van der Waals surface area contributed by atoms with Gasteiger partial charge in [0.25, 0.3) is 5.91 Å². The highest BCUT2D eigenvalue weighted by Crippen LogP contribution is 2.30. The van der Waals surface area contributed by atoms with Crippen molar-refractivity contribution in [2.24, 2.45) is 0 Å². The van der Waals surface area contributed by atoms with E-state index in [9.17, 15) is 19.5 Å². The van der Waals surface area contributed by atoms with Gasteiger partial charge in [0.1, 0.15) is 22.7 Å². The first-order valence-corrected chi connectivity index (χ1v) is 13.0. The van der Waals surface area contributed by atoms with Crippen LogP contribution in [0.4, 0.5) is 4.79 Å². The number of ether oxygens (including phenoxy) is 3. The molecule has 0 bridgehead atoms. The number of rotatable bonds is 17. The third kappa shape index (κ3) is 12.7. The van der Waals surface area contributed by atoms with Crippen LogP contribution in [0.3, 0.4) is 0 Å². The fraction of sp³-hybridized carbons (Fsp3) is 0.667. The molecule has 1 aromatic carbocycles. The molecule has 36 heavy (non-hydrogen) atoms. The Morgan fingerprint density at radius 2 is 1.39 bits per heavy atom. The highest BCUT2D eigenvalue weighted by molar-refractivity contribution is 6.01. The van der Waals surface area contributed by atoms with Crippen molar-refractivity contribution in [2.75, 3.05) is 26.3 Å². The Hall–Kier alpha value is -2.97. The molecule has 0 aromatic heterocycles. The average Bonchev–Trinajstić information content (AvgIpc) is 2.80. The molecule has 0 aliphatic rings. The molecule has 0 saturated carbocycles. The van der Waals surface area contributed by atoms with Gasteiger partial charge in [-0.3, -0.25) is 4.79 Å². The Morgan fingerprint density at radius 3 is 1.94 bits per heavy atom. The van der Waals surface area contributed by atoms with E-state index in [-0.39, 0.29) is 22.8 Å². The second-order valence-electron chi connectivity index (χ2n) is 9.65. The lowest BCUT2D eigenvalue weighted by Gasteiger charge is -2.19. The molecule has 3 N–H and O–H groups in total. The van der Waals surface area contributed by atoms with Crippen LogP contribution in [-0.4, -0.2) is 55.0 Å². The summed E-state index contributed by atoms with van der Waals surface area (Å²) in [4.78, 5) is 36.2. The summed E-state index contributed by atoms with van der Waals surface area (Å²) in [6, 6.07) is 2.84. The van der Waals surface area contributed by atoms with E-state index in [1.165, 1.54) is 12.1 Å². The number of unbranched alkanes of at least 4 members (excludes halogenated alkanes) is 5. The molecule has 0 fully saturated rings. The van der Waals surface area contributed by atoms with Gasteiger partial charge in [-0.1, -0.05) is 33.1 Å². The van der Waals surface area contributed by atoms with E-state index in [2.05, 4.69) is 17.6 Å². The molecule has 0 aliphatic carbocycles. The largest absolute Gasteiger partial charge is 0.493 e. The summed E-state index contributed by atoms with van der Waals surface area (Å²) in [6.45, 7) is 11.2. The van der Waals surface area contributed by atoms with E-state index in [1.54, 1.807) is 0 Å². The second kappa shape index (κ2) is 16.7. The summed E-state index contributed by atoms with van der Waals surface area (Å²) in [5.41, 5.74) is -0.428. The Bertz CT molecular complexity index is 834. The molecular formula is C27H44N2O7. The monoisotopic (exact) mass is 508 g/mol. The number of carbonyl (C=O) groups is 3. The summed E-state index contributed by atoms with van der Waals surface area (Å²) < 4.78 is 16.9. The minimum Gasteiger partial charge on any atom is -0.493 e. The molecule has 0 aliphatic heterocycles. The average molecular weight is 509 g/mol. The topological polar surface area (TPSA) is 123 Å². The zero-order valence-corrected chi connectivity index (χ0v) is 22.5. The van der Waals surface area contributed by atoms with Gasteiger partial charge in [0.15, 0.2) is 0 Å². The zero-order chi connectivity index (χ0) is 27.0. The zero-order valence-electron chi connectivity index (χ0n) is 22.5. The molecule has 0 saturated heterocycles. The summed E-state index contributed by atoms with van der Waals surface area (Å²) >= 11 is 0. The third-order valence-corrected chi connectivity index (χ3v) is 5.09. The first kappa shape index (κ1) is 31.1. The molecule has 0 heterocycles. The van der Waals surface area contributed by atoms with Crippen LogP contribution in [-0.2, 0) is 4.74 Å². The molecule has 1 rings (SSSR count). The van der Waals surface area contributed by atoms with Gasteiger partial charge in [0, 0.05) is 19.2 Å². The van der Waals surface area contributed by atoms with Gasteiger partial charge in [0.2, 0.25) is 0 Å². The van der Waals surface area contributed by atoms with E-state index < -0.39 is 17.7 Å². The molecule has 0 radical (unpaired) electrons. The van der Waals surface area contributed by atoms with Crippen molar-refractivity contribution in [1.82, 2.24) is 10.6 Å². The van der Waals surface area contributed by atoms with E-state index in [0.717, 1.165) is 44.9 Å². The van der Waals surface area contributed by atoms with E-state index >= 15 is 0 Å². The first-order chi connectivity index (χ1) is 17.1. The number of carboxylic acids is 1. The Kier molecular flexibility index (Phi) is 14.4. The lowest BCUT2D eigenvalue weighted by Crippen LogP contribution is -2.33. The molecule has 2 amide bonds. The molecule has 9 heteroatoms. The molecule has 0 unspecified atom stereocenters. The van der Waals surface area contributed by atoms with Crippen molar-refractivity contribution in [3.8, 4) is 11.5 Å². The first-order valence-electron chi connectivity index (χ1n) is 13.0. The minimum absolute atomic E-state index is 0.0819. The molecule has 1 aromatic rings. The number of hydrogen-bond acceptors (Lipinski definition) is 6. The highest BCUT2D eigenvalue weighted by Gasteiger charge is 2.21. The van der Waals surface area contributed by atoms with Crippen LogP contribution >= 0.6 is 0 Å². The summed E-state index contributed by atoms with van der Waals surface area (Å²) in [5, 5.41) is 15.2. The Balaban J connectivity index is 2.75. The number of amides is 2. The van der Waals surface area contributed by atoms with Gasteiger partial charge in [-0.05, 0) is 58.9 Å². The maximum atomic E-state index is 12.7. The van der Waals surface area contributed by atoms with Gasteiger partial charge in [-0.2, -0.15) is 0 Å². The smallest absolute Gasteiger partial charge is 0.407 e. The predicted molar refractivity (Wildman–Crippen MR) is 139 cm³/mol. The Morgan fingerprint density at radius 1 is 0.778 bits per heavy atom. The number of carboxylic acid groups (broad SMARTS) is 1. The number of benzene rings is 1. The van der Waals surface area contributed by atoms with Gasteiger partial charge in [-0.25, -0.2) is 9.59 Å². The summed E-state index contributed by atoms with van der Waals surface area (Å²) in [5.74, 6) is -1.05. The van der Waals surface area contributed by atoms with Gasteiger partial charge < -0.3 is 30.0 Å². The molecule has 0 atom stereocenters. The van der Waals surface area contributed by atoms with Crippen molar-refractivity contribution in [3.05, 3.63) is 23.3 Å². The van der Waals surface area contributed by atoms with Crippen molar-refractivity contribution >= 4 is 18.0 Å². The van der Waals surface area contributed by atoms with Crippen LogP contribution < -0.4 is 20.1 Å².